The highest BCUT2D eigenvalue weighted by molar-refractivity contribution is 9.10. The van der Waals surface area contributed by atoms with Gasteiger partial charge in [-0.1, -0.05) is 18.2 Å². The molecule has 2 fully saturated rings. The molecule has 29 heavy (non-hydrogen) atoms. The van der Waals surface area contributed by atoms with E-state index in [9.17, 15) is 4.79 Å². The standard InChI is InChI=1S/C21H19BrN4O3/c1-28-16-5-2-13-12-14(3-4-15(13)18(16)22)21(7-8-21)25-19-23-9-6-17(24-19)26-10-11-29-20(26)27/h2-6,9,12H,7-8,10-11H2,1H3,(H,23,24,25). The molecular weight excluding hydrogens is 436 g/mol. The number of nitrogens with one attached hydrogen (secondary N) is 1. The van der Waals surface area contributed by atoms with Gasteiger partial charge in [-0.25, -0.2) is 9.78 Å². The van der Waals surface area contributed by atoms with Gasteiger partial charge >= 0.3 is 6.09 Å². The van der Waals surface area contributed by atoms with Crippen LogP contribution >= 0.6 is 15.9 Å². The molecule has 1 aromatic heterocycles. The predicted octanol–water partition coefficient (Wildman–Crippen LogP) is 4.46. The molecule has 2 aliphatic rings. The molecule has 0 unspecified atom stereocenters. The minimum atomic E-state index is -0.369. The summed E-state index contributed by atoms with van der Waals surface area (Å²) in [4.78, 5) is 22.2. The molecule has 0 bridgehead atoms. The quantitative estimate of drug-likeness (QED) is 0.613. The van der Waals surface area contributed by atoms with E-state index in [1.54, 1.807) is 19.4 Å². The van der Waals surface area contributed by atoms with Gasteiger partial charge in [0.1, 0.15) is 18.2 Å². The number of cyclic esters (lactones) is 1. The van der Waals surface area contributed by atoms with Crippen molar-refractivity contribution in [1.29, 1.82) is 0 Å². The van der Waals surface area contributed by atoms with Gasteiger partial charge in [-0.2, -0.15) is 4.98 Å². The summed E-state index contributed by atoms with van der Waals surface area (Å²) >= 11 is 3.63. The van der Waals surface area contributed by atoms with Crippen LogP contribution in [-0.4, -0.2) is 36.3 Å². The number of rotatable bonds is 5. The van der Waals surface area contributed by atoms with Crippen LogP contribution in [0.2, 0.25) is 0 Å². The van der Waals surface area contributed by atoms with E-state index in [2.05, 4.69) is 55.5 Å². The van der Waals surface area contributed by atoms with Crippen molar-refractivity contribution >= 4 is 44.6 Å². The molecule has 1 saturated heterocycles. The number of aromatic nitrogens is 2. The average molecular weight is 455 g/mol. The Kier molecular flexibility index (Phi) is 4.31. The van der Waals surface area contributed by atoms with Gasteiger partial charge in [0, 0.05) is 6.20 Å². The van der Waals surface area contributed by atoms with Crippen molar-refractivity contribution in [3.05, 3.63) is 52.6 Å². The number of nitrogens with zero attached hydrogens (tertiary/aromatic N) is 3. The van der Waals surface area contributed by atoms with Crippen LogP contribution in [0.1, 0.15) is 18.4 Å². The van der Waals surface area contributed by atoms with Gasteiger partial charge in [0.15, 0.2) is 0 Å². The van der Waals surface area contributed by atoms with Crippen molar-refractivity contribution in [3.8, 4) is 5.75 Å². The van der Waals surface area contributed by atoms with Crippen LogP contribution in [0.4, 0.5) is 16.6 Å². The summed E-state index contributed by atoms with van der Waals surface area (Å²) in [7, 11) is 1.67. The number of fused-ring (bicyclic) bond motifs is 1. The molecule has 1 amide bonds. The van der Waals surface area contributed by atoms with Crippen molar-refractivity contribution < 1.29 is 14.3 Å². The highest BCUT2D eigenvalue weighted by Crippen LogP contribution is 2.49. The number of halogens is 1. The van der Waals surface area contributed by atoms with Crippen LogP contribution < -0.4 is 15.0 Å². The predicted molar refractivity (Wildman–Crippen MR) is 113 cm³/mol. The zero-order chi connectivity index (χ0) is 20.0. The maximum Gasteiger partial charge on any atom is 0.415 e. The SMILES string of the molecule is COc1ccc2cc(C3(Nc4nccc(N5CCOC5=O)n4)CC3)ccc2c1Br. The van der Waals surface area contributed by atoms with Crippen molar-refractivity contribution in [2.45, 2.75) is 18.4 Å². The van der Waals surface area contributed by atoms with Crippen molar-refractivity contribution in [2.24, 2.45) is 0 Å². The van der Waals surface area contributed by atoms with E-state index in [0.717, 1.165) is 33.8 Å². The summed E-state index contributed by atoms with van der Waals surface area (Å²) in [5, 5.41) is 5.73. The molecule has 0 atom stereocenters. The van der Waals surface area contributed by atoms with Gasteiger partial charge in [0.05, 0.1) is 23.7 Å². The van der Waals surface area contributed by atoms with Crippen LogP contribution in [0.3, 0.4) is 0 Å². The Bertz CT molecular complexity index is 1120. The van der Waals surface area contributed by atoms with E-state index >= 15 is 0 Å². The second-order valence-corrected chi connectivity index (χ2v) is 8.02. The van der Waals surface area contributed by atoms with E-state index in [4.69, 9.17) is 9.47 Å². The summed E-state index contributed by atoms with van der Waals surface area (Å²) in [6, 6.07) is 12.2. The zero-order valence-electron chi connectivity index (χ0n) is 15.8. The smallest absolute Gasteiger partial charge is 0.415 e. The van der Waals surface area contributed by atoms with Crippen LogP contribution in [0.15, 0.2) is 47.1 Å². The van der Waals surface area contributed by atoms with Crippen LogP contribution in [0, 0.1) is 0 Å². The molecule has 1 aliphatic carbocycles. The first kappa shape index (κ1) is 18.2. The molecule has 0 radical (unpaired) electrons. The molecule has 2 heterocycles. The molecule has 1 N–H and O–H groups in total. The molecule has 7 nitrogen and oxygen atoms in total. The van der Waals surface area contributed by atoms with Gasteiger partial charge in [-0.15, -0.1) is 0 Å². The second kappa shape index (κ2) is 6.88. The van der Waals surface area contributed by atoms with Crippen LogP contribution in [0.25, 0.3) is 10.8 Å². The second-order valence-electron chi connectivity index (χ2n) is 7.23. The fourth-order valence-corrected chi connectivity index (χ4v) is 4.37. The average Bonchev–Trinajstić information content (AvgIpc) is 3.39. The molecule has 8 heteroatoms. The van der Waals surface area contributed by atoms with Gasteiger partial charge in [-0.05, 0) is 63.3 Å². The number of benzene rings is 2. The van der Waals surface area contributed by atoms with Gasteiger partial charge in [-0.3, -0.25) is 4.90 Å². The maximum atomic E-state index is 11.8. The monoisotopic (exact) mass is 454 g/mol. The Labute approximate surface area is 176 Å². The van der Waals surface area contributed by atoms with Gasteiger partial charge < -0.3 is 14.8 Å². The fourth-order valence-electron chi connectivity index (χ4n) is 3.71. The Hall–Kier alpha value is -2.87. The summed E-state index contributed by atoms with van der Waals surface area (Å²) in [6.07, 6.45) is 3.28. The number of carbonyl (C=O) groups excluding carboxylic acids is 1. The summed E-state index contributed by atoms with van der Waals surface area (Å²) in [5.74, 6) is 1.88. The molecule has 1 aliphatic heterocycles. The summed E-state index contributed by atoms with van der Waals surface area (Å²) < 4.78 is 11.3. The lowest BCUT2D eigenvalue weighted by Crippen LogP contribution is -2.26. The molecule has 1 saturated carbocycles. The Balaban J connectivity index is 1.44. The minimum absolute atomic E-state index is 0.190. The fraction of sp³-hybridized carbons (Fsp3) is 0.286. The first-order valence-electron chi connectivity index (χ1n) is 9.42. The van der Waals surface area contributed by atoms with Gasteiger partial charge in [0.2, 0.25) is 5.95 Å². The summed E-state index contributed by atoms with van der Waals surface area (Å²) in [5.41, 5.74) is 1.00. The molecule has 5 rings (SSSR count). The Morgan fingerprint density at radius 3 is 2.83 bits per heavy atom. The third-order valence-corrected chi connectivity index (χ3v) is 6.29. The number of carbonyl (C=O) groups is 1. The third-order valence-electron chi connectivity index (χ3n) is 5.47. The van der Waals surface area contributed by atoms with E-state index in [1.807, 2.05) is 6.07 Å². The topological polar surface area (TPSA) is 76.6 Å². The zero-order valence-corrected chi connectivity index (χ0v) is 17.4. The van der Waals surface area contributed by atoms with Crippen molar-refractivity contribution in [2.75, 3.05) is 30.5 Å². The number of hydrogen-bond acceptors (Lipinski definition) is 6. The third kappa shape index (κ3) is 3.17. The lowest BCUT2D eigenvalue weighted by Gasteiger charge is -2.20. The highest BCUT2D eigenvalue weighted by Gasteiger charge is 2.45. The van der Waals surface area contributed by atoms with Gasteiger partial charge in [0.25, 0.3) is 0 Å². The number of methoxy groups -OCH3 is 1. The summed E-state index contributed by atoms with van der Waals surface area (Å²) in [6.45, 7) is 0.885. The number of anilines is 2. The Morgan fingerprint density at radius 2 is 2.10 bits per heavy atom. The van der Waals surface area contributed by atoms with E-state index in [0.29, 0.717) is 24.9 Å². The van der Waals surface area contributed by atoms with E-state index < -0.39 is 0 Å². The Morgan fingerprint density at radius 1 is 1.24 bits per heavy atom. The molecular formula is C21H19BrN4O3. The highest BCUT2D eigenvalue weighted by atomic mass is 79.9. The van der Waals surface area contributed by atoms with Crippen LogP contribution in [0.5, 0.6) is 5.75 Å². The largest absolute Gasteiger partial charge is 0.496 e. The molecule has 3 aromatic rings. The molecule has 0 spiro atoms. The maximum absolute atomic E-state index is 11.8. The van der Waals surface area contributed by atoms with E-state index in [-0.39, 0.29) is 11.6 Å². The number of amides is 1. The molecule has 148 valence electrons. The minimum Gasteiger partial charge on any atom is -0.496 e. The first-order chi connectivity index (χ1) is 14.1. The van der Waals surface area contributed by atoms with E-state index in [1.165, 1.54) is 10.5 Å². The van der Waals surface area contributed by atoms with Crippen LogP contribution in [-0.2, 0) is 10.3 Å². The number of hydrogen-bond donors (Lipinski definition) is 1. The van der Waals surface area contributed by atoms with Crippen molar-refractivity contribution in [3.63, 3.8) is 0 Å². The number of ether oxygens (including phenoxy) is 2. The van der Waals surface area contributed by atoms with Crippen molar-refractivity contribution in [1.82, 2.24) is 9.97 Å². The lowest BCUT2D eigenvalue weighted by molar-refractivity contribution is 0.181. The molecule has 2 aromatic carbocycles. The first-order valence-corrected chi connectivity index (χ1v) is 10.2. The normalized spacial score (nSPS) is 17.3. The lowest BCUT2D eigenvalue weighted by atomic mass is 10.00.